The van der Waals surface area contributed by atoms with Gasteiger partial charge in [-0.15, -0.1) is 0 Å². The Balaban J connectivity index is 2.61. The molecule has 0 aliphatic heterocycles. The van der Waals surface area contributed by atoms with E-state index in [1.54, 1.807) is 30.5 Å². The van der Waals surface area contributed by atoms with Crippen LogP contribution in [-0.2, 0) is 10.1 Å². The summed E-state index contributed by atoms with van der Waals surface area (Å²) in [5.41, 5.74) is 1.21. The molecule has 15 heavy (non-hydrogen) atoms. The van der Waals surface area contributed by atoms with Gasteiger partial charge in [0.1, 0.15) is 4.90 Å². The van der Waals surface area contributed by atoms with Crippen molar-refractivity contribution in [3.8, 4) is 11.1 Å². The van der Waals surface area contributed by atoms with Crippen molar-refractivity contribution >= 4 is 10.1 Å². The molecule has 0 bridgehead atoms. The minimum Gasteiger partial charge on any atom is -0.366 e. The van der Waals surface area contributed by atoms with Crippen molar-refractivity contribution in [2.75, 3.05) is 0 Å². The topological polar surface area (TPSA) is 70.2 Å². The molecule has 0 aliphatic rings. The van der Waals surface area contributed by atoms with Crippen molar-refractivity contribution in [3.63, 3.8) is 0 Å². The molecule has 5 heteroatoms. The summed E-state index contributed by atoms with van der Waals surface area (Å²) in [4.78, 5) is 2.56. The van der Waals surface area contributed by atoms with Crippen LogP contribution in [0.1, 0.15) is 0 Å². The third-order valence-electron chi connectivity index (χ3n) is 2.07. The normalized spacial score (nSPS) is 11.5. The SMILES string of the molecule is O=S(=O)(O)c1c[nH]cc1-c1ccccc1. The predicted molar refractivity (Wildman–Crippen MR) is 56.0 cm³/mol. The van der Waals surface area contributed by atoms with Crippen LogP contribution < -0.4 is 0 Å². The molecule has 0 unspecified atom stereocenters. The number of benzene rings is 1. The molecular formula is C10H9NO3S. The van der Waals surface area contributed by atoms with Crippen LogP contribution in [0.5, 0.6) is 0 Å². The number of rotatable bonds is 2. The third-order valence-corrected chi connectivity index (χ3v) is 2.96. The second-order valence-corrected chi connectivity index (χ2v) is 4.46. The molecule has 78 valence electrons. The van der Waals surface area contributed by atoms with E-state index in [9.17, 15) is 8.42 Å². The Labute approximate surface area is 87.3 Å². The van der Waals surface area contributed by atoms with Crippen LogP contribution in [0, 0.1) is 0 Å². The van der Waals surface area contributed by atoms with Gasteiger partial charge in [-0.3, -0.25) is 4.55 Å². The van der Waals surface area contributed by atoms with Crippen LogP contribution in [0.25, 0.3) is 11.1 Å². The van der Waals surface area contributed by atoms with Crippen LogP contribution in [0.15, 0.2) is 47.6 Å². The molecule has 0 saturated heterocycles. The van der Waals surface area contributed by atoms with Crippen molar-refractivity contribution in [2.24, 2.45) is 0 Å². The van der Waals surface area contributed by atoms with Gasteiger partial charge < -0.3 is 4.98 Å². The second-order valence-electron chi connectivity index (χ2n) is 3.07. The van der Waals surface area contributed by atoms with Gasteiger partial charge in [0.2, 0.25) is 0 Å². The molecule has 0 amide bonds. The van der Waals surface area contributed by atoms with Gasteiger partial charge in [-0.1, -0.05) is 30.3 Å². The molecule has 1 heterocycles. The molecule has 1 aromatic heterocycles. The number of aromatic amines is 1. The predicted octanol–water partition coefficient (Wildman–Crippen LogP) is 1.93. The molecule has 2 aromatic rings. The Morgan fingerprint density at radius 3 is 2.33 bits per heavy atom. The molecule has 0 fully saturated rings. The maximum Gasteiger partial charge on any atom is 0.296 e. The molecule has 2 rings (SSSR count). The molecule has 4 nitrogen and oxygen atoms in total. The Kier molecular flexibility index (Phi) is 2.34. The van der Waals surface area contributed by atoms with Gasteiger partial charge in [0.15, 0.2) is 0 Å². The lowest BCUT2D eigenvalue weighted by atomic mass is 10.1. The average Bonchev–Trinajstić information content (AvgIpc) is 2.67. The first kappa shape index (κ1) is 9.95. The fourth-order valence-electron chi connectivity index (χ4n) is 1.41. The fraction of sp³-hybridized carbons (Fsp3) is 0. The lowest BCUT2D eigenvalue weighted by molar-refractivity contribution is 0.483. The number of H-pyrrole nitrogens is 1. The Hall–Kier alpha value is -1.59. The van der Waals surface area contributed by atoms with Gasteiger partial charge in [-0.2, -0.15) is 8.42 Å². The smallest absolute Gasteiger partial charge is 0.296 e. The molecule has 0 aliphatic carbocycles. The van der Waals surface area contributed by atoms with Crippen molar-refractivity contribution in [1.29, 1.82) is 0 Å². The van der Waals surface area contributed by atoms with Gasteiger partial charge in [-0.05, 0) is 5.56 Å². The summed E-state index contributed by atoms with van der Waals surface area (Å²) in [6.45, 7) is 0. The zero-order valence-electron chi connectivity index (χ0n) is 7.71. The van der Waals surface area contributed by atoms with Crippen molar-refractivity contribution in [1.82, 2.24) is 4.98 Å². The average molecular weight is 223 g/mol. The van der Waals surface area contributed by atoms with E-state index >= 15 is 0 Å². The highest BCUT2D eigenvalue weighted by molar-refractivity contribution is 7.86. The van der Waals surface area contributed by atoms with E-state index in [0.717, 1.165) is 5.56 Å². The summed E-state index contributed by atoms with van der Waals surface area (Å²) in [7, 11) is -4.17. The van der Waals surface area contributed by atoms with Crippen LogP contribution in [0.2, 0.25) is 0 Å². The third kappa shape index (κ3) is 1.93. The maximum atomic E-state index is 11.0. The molecule has 0 saturated carbocycles. The van der Waals surface area contributed by atoms with E-state index in [1.807, 2.05) is 6.07 Å². The summed E-state index contributed by atoms with van der Waals surface area (Å²) in [5.74, 6) is 0. The molecule has 2 N–H and O–H groups in total. The highest BCUT2D eigenvalue weighted by Crippen LogP contribution is 2.26. The molecular weight excluding hydrogens is 214 g/mol. The number of hydrogen-bond donors (Lipinski definition) is 2. The first-order chi connectivity index (χ1) is 7.09. The number of hydrogen-bond acceptors (Lipinski definition) is 2. The van der Waals surface area contributed by atoms with Gasteiger partial charge in [0, 0.05) is 18.0 Å². The summed E-state index contributed by atoms with van der Waals surface area (Å²) in [5, 5.41) is 0. The Morgan fingerprint density at radius 2 is 1.73 bits per heavy atom. The summed E-state index contributed by atoms with van der Waals surface area (Å²) >= 11 is 0. The van der Waals surface area contributed by atoms with Crippen LogP contribution in [-0.4, -0.2) is 18.0 Å². The van der Waals surface area contributed by atoms with E-state index in [1.165, 1.54) is 6.20 Å². The van der Waals surface area contributed by atoms with Gasteiger partial charge in [0.05, 0.1) is 0 Å². The van der Waals surface area contributed by atoms with Crippen LogP contribution in [0.4, 0.5) is 0 Å². The van der Waals surface area contributed by atoms with E-state index in [2.05, 4.69) is 4.98 Å². The van der Waals surface area contributed by atoms with E-state index in [4.69, 9.17) is 4.55 Å². The van der Waals surface area contributed by atoms with E-state index in [-0.39, 0.29) is 4.90 Å². The Morgan fingerprint density at radius 1 is 1.07 bits per heavy atom. The molecule has 0 atom stereocenters. The lowest BCUT2D eigenvalue weighted by Gasteiger charge is -2.00. The first-order valence-electron chi connectivity index (χ1n) is 4.29. The zero-order valence-corrected chi connectivity index (χ0v) is 8.53. The zero-order chi connectivity index (χ0) is 10.9. The minimum atomic E-state index is -4.17. The lowest BCUT2D eigenvalue weighted by Crippen LogP contribution is -1.97. The molecule has 0 spiro atoms. The molecule has 0 radical (unpaired) electrons. The standard InChI is InChI=1S/C10H9NO3S/c12-15(13,14)10-7-11-6-9(10)8-4-2-1-3-5-8/h1-7,11H,(H,12,13,14). The largest absolute Gasteiger partial charge is 0.366 e. The highest BCUT2D eigenvalue weighted by Gasteiger charge is 2.16. The monoisotopic (exact) mass is 223 g/mol. The fourth-order valence-corrected chi connectivity index (χ4v) is 2.08. The highest BCUT2D eigenvalue weighted by atomic mass is 32.2. The Bertz CT molecular complexity index is 557. The first-order valence-corrected chi connectivity index (χ1v) is 5.73. The minimum absolute atomic E-state index is 0.103. The molecule has 1 aromatic carbocycles. The second kappa shape index (κ2) is 3.52. The van der Waals surface area contributed by atoms with Gasteiger partial charge in [-0.25, -0.2) is 0 Å². The van der Waals surface area contributed by atoms with Crippen LogP contribution in [0.3, 0.4) is 0 Å². The quantitative estimate of drug-likeness (QED) is 0.764. The van der Waals surface area contributed by atoms with Crippen molar-refractivity contribution in [3.05, 3.63) is 42.7 Å². The van der Waals surface area contributed by atoms with Crippen LogP contribution >= 0.6 is 0 Å². The summed E-state index contributed by atoms with van der Waals surface area (Å²) in [6.07, 6.45) is 2.80. The number of aromatic nitrogens is 1. The van der Waals surface area contributed by atoms with Gasteiger partial charge in [0.25, 0.3) is 10.1 Å². The van der Waals surface area contributed by atoms with Crippen molar-refractivity contribution < 1.29 is 13.0 Å². The summed E-state index contributed by atoms with van der Waals surface area (Å²) in [6, 6.07) is 8.99. The maximum absolute atomic E-state index is 11.0. The summed E-state index contributed by atoms with van der Waals surface area (Å²) < 4.78 is 31.0. The number of nitrogens with one attached hydrogen (secondary N) is 1. The van der Waals surface area contributed by atoms with Gasteiger partial charge >= 0.3 is 0 Å². The van der Waals surface area contributed by atoms with Crippen molar-refractivity contribution in [2.45, 2.75) is 4.90 Å². The van der Waals surface area contributed by atoms with E-state index in [0.29, 0.717) is 5.56 Å². The van der Waals surface area contributed by atoms with E-state index < -0.39 is 10.1 Å².